The third kappa shape index (κ3) is 6.39. The smallest absolute Gasteiger partial charge is 0.407 e. The van der Waals surface area contributed by atoms with Gasteiger partial charge in [-0.1, -0.05) is 55.0 Å². The first-order valence-electron chi connectivity index (χ1n) is 12.3. The molecule has 8 heteroatoms. The summed E-state index contributed by atoms with van der Waals surface area (Å²) in [6.07, 6.45) is 2.45. The molecule has 0 unspecified atom stereocenters. The minimum Gasteiger partial charge on any atom is -0.480 e. The van der Waals surface area contributed by atoms with E-state index in [0.29, 0.717) is 45.8 Å². The van der Waals surface area contributed by atoms with Crippen molar-refractivity contribution in [1.29, 1.82) is 0 Å². The second kappa shape index (κ2) is 11.8. The molecule has 0 aromatic heterocycles. The van der Waals surface area contributed by atoms with Crippen LogP contribution in [0.1, 0.15) is 42.7 Å². The monoisotopic (exact) mass is 479 g/mol. The highest BCUT2D eigenvalue weighted by Gasteiger charge is 2.29. The van der Waals surface area contributed by atoms with Gasteiger partial charge in [-0.15, -0.1) is 0 Å². The maximum atomic E-state index is 12.4. The first-order valence-corrected chi connectivity index (χ1v) is 12.3. The van der Waals surface area contributed by atoms with Gasteiger partial charge in [-0.05, 0) is 35.1 Å². The summed E-state index contributed by atoms with van der Waals surface area (Å²) >= 11 is 0. The number of hydrogen-bond donors (Lipinski definition) is 2. The lowest BCUT2D eigenvalue weighted by Gasteiger charge is -2.33. The molecule has 2 aromatic carbocycles. The molecular weight excluding hydrogens is 446 g/mol. The van der Waals surface area contributed by atoms with Gasteiger partial charge in [0, 0.05) is 45.1 Å². The van der Waals surface area contributed by atoms with Gasteiger partial charge in [0.25, 0.3) is 0 Å². The predicted molar refractivity (Wildman–Crippen MR) is 132 cm³/mol. The van der Waals surface area contributed by atoms with E-state index in [1.54, 1.807) is 0 Å². The van der Waals surface area contributed by atoms with Gasteiger partial charge >= 0.3 is 12.1 Å². The molecule has 0 spiro atoms. The SMILES string of the molecule is O=C(O)CN1CCN(C(=O)CCCCCNC(=O)OCC2c3ccccc3-c3ccccc32)CC1. The van der Waals surface area contributed by atoms with E-state index in [-0.39, 0.29) is 18.4 Å². The number of nitrogens with zero attached hydrogens (tertiary/aromatic N) is 2. The number of aliphatic carboxylic acids is 1. The standard InChI is InChI=1S/C27H33N3O5/c31-25(30-16-14-29(15-17-30)18-26(32)33)12-2-1-7-13-28-27(34)35-19-24-22-10-5-3-8-20(22)21-9-4-6-11-23(21)24/h3-6,8-11,24H,1-2,7,12-19H2,(H,28,34)(H,32,33). The number of ether oxygens (including phenoxy) is 1. The first kappa shape index (κ1) is 24.7. The molecule has 0 bridgehead atoms. The fraction of sp³-hybridized carbons (Fsp3) is 0.444. The number of carboxylic acid groups (broad SMARTS) is 1. The molecular formula is C27H33N3O5. The van der Waals surface area contributed by atoms with Crippen LogP contribution in [-0.2, 0) is 14.3 Å². The number of alkyl carbamates (subject to hydrolysis) is 1. The molecule has 1 heterocycles. The molecule has 35 heavy (non-hydrogen) atoms. The molecule has 186 valence electrons. The van der Waals surface area contributed by atoms with Crippen LogP contribution in [0.25, 0.3) is 11.1 Å². The van der Waals surface area contributed by atoms with Crippen molar-refractivity contribution in [3.8, 4) is 11.1 Å². The van der Waals surface area contributed by atoms with Crippen molar-refractivity contribution in [2.75, 3.05) is 45.9 Å². The van der Waals surface area contributed by atoms with Crippen molar-refractivity contribution in [2.45, 2.75) is 31.6 Å². The molecule has 2 aromatic rings. The maximum absolute atomic E-state index is 12.4. The van der Waals surface area contributed by atoms with E-state index >= 15 is 0 Å². The normalized spacial score (nSPS) is 15.4. The number of piperazine rings is 1. The molecule has 0 atom stereocenters. The lowest BCUT2D eigenvalue weighted by molar-refractivity contribution is -0.139. The van der Waals surface area contributed by atoms with Crippen molar-refractivity contribution in [3.63, 3.8) is 0 Å². The Morgan fingerprint density at radius 2 is 1.51 bits per heavy atom. The number of carbonyl (C=O) groups is 3. The van der Waals surface area contributed by atoms with Crippen LogP contribution in [0.3, 0.4) is 0 Å². The molecule has 2 aliphatic rings. The zero-order valence-corrected chi connectivity index (χ0v) is 19.9. The number of amides is 2. The highest BCUT2D eigenvalue weighted by Crippen LogP contribution is 2.44. The van der Waals surface area contributed by atoms with Gasteiger partial charge in [0.2, 0.25) is 5.91 Å². The number of hydrogen-bond acceptors (Lipinski definition) is 5. The van der Waals surface area contributed by atoms with Crippen LogP contribution >= 0.6 is 0 Å². The van der Waals surface area contributed by atoms with Crippen LogP contribution in [0.15, 0.2) is 48.5 Å². The van der Waals surface area contributed by atoms with E-state index in [2.05, 4.69) is 29.6 Å². The van der Waals surface area contributed by atoms with Crippen LogP contribution in [-0.4, -0.2) is 78.8 Å². The number of carbonyl (C=O) groups excluding carboxylic acids is 2. The van der Waals surface area contributed by atoms with Gasteiger partial charge in [0.05, 0.1) is 6.54 Å². The summed E-state index contributed by atoms with van der Waals surface area (Å²) in [5.74, 6) is -0.675. The highest BCUT2D eigenvalue weighted by atomic mass is 16.5. The molecule has 2 N–H and O–H groups in total. The summed E-state index contributed by atoms with van der Waals surface area (Å²) < 4.78 is 5.54. The van der Waals surface area contributed by atoms with Gasteiger partial charge in [-0.2, -0.15) is 0 Å². The number of unbranched alkanes of at least 4 members (excludes halogenated alkanes) is 2. The van der Waals surface area contributed by atoms with E-state index in [9.17, 15) is 14.4 Å². The Morgan fingerprint density at radius 1 is 0.886 bits per heavy atom. The zero-order chi connectivity index (χ0) is 24.6. The van der Waals surface area contributed by atoms with E-state index < -0.39 is 12.1 Å². The maximum Gasteiger partial charge on any atom is 0.407 e. The number of carboxylic acids is 1. The van der Waals surface area contributed by atoms with Crippen molar-refractivity contribution in [1.82, 2.24) is 15.1 Å². The van der Waals surface area contributed by atoms with Gasteiger partial charge in [0.15, 0.2) is 0 Å². The van der Waals surface area contributed by atoms with Crippen molar-refractivity contribution < 1.29 is 24.2 Å². The van der Waals surface area contributed by atoms with Crippen molar-refractivity contribution >= 4 is 18.0 Å². The van der Waals surface area contributed by atoms with E-state index in [1.807, 2.05) is 34.1 Å². The quantitative estimate of drug-likeness (QED) is 0.507. The van der Waals surface area contributed by atoms with Crippen molar-refractivity contribution in [3.05, 3.63) is 59.7 Å². The van der Waals surface area contributed by atoms with E-state index in [4.69, 9.17) is 9.84 Å². The molecule has 1 aliphatic heterocycles. The fourth-order valence-corrected chi connectivity index (χ4v) is 4.92. The fourth-order valence-electron chi connectivity index (χ4n) is 4.92. The molecule has 8 nitrogen and oxygen atoms in total. The Bertz CT molecular complexity index is 1000. The summed E-state index contributed by atoms with van der Waals surface area (Å²) in [7, 11) is 0. The average molecular weight is 480 g/mol. The predicted octanol–water partition coefficient (Wildman–Crippen LogP) is 3.31. The summed E-state index contributed by atoms with van der Waals surface area (Å²) in [6, 6.07) is 16.5. The van der Waals surface area contributed by atoms with Gasteiger partial charge in [-0.3, -0.25) is 14.5 Å². The Morgan fingerprint density at radius 3 is 2.14 bits per heavy atom. The molecule has 1 aliphatic carbocycles. The van der Waals surface area contributed by atoms with Crippen LogP contribution in [0.4, 0.5) is 4.79 Å². The Kier molecular flexibility index (Phi) is 8.36. The largest absolute Gasteiger partial charge is 0.480 e. The molecule has 1 fully saturated rings. The minimum absolute atomic E-state index is 0.0265. The summed E-state index contributed by atoms with van der Waals surface area (Å²) in [5, 5.41) is 11.7. The van der Waals surface area contributed by atoms with Crippen LogP contribution in [0, 0.1) is 0 Å². The molecule has 1 saturated heterocycles. The Hall–Kier alpha value is -3.39. The van der Waals surface area contributed by atoms with Crippen LogP contribution < -0.4 is 5.32 Å². The topological polar surface area (TPSA) is 99.2 Å². The van der Waals surface area contributed by atoms with Crippen molar-refractivity contribution in [2.24, 2.45) is 0 Å². The number of rotatable bonds is 10. The Labute approximate surface area is 205 Å². The number of benzene rings is 2. The summed E-state index contributed by atoms with van der Waals surface area (Å²) in [6.45, 7) is 3.20. The first-order chi connectivity index (χ1) is 17.0. The molecule has 0 radical (unpaired) electrons. The molecule has 4 rings (SSSR count). The van der Waals surface area contributed by atoms with Gasteiger partial charge in [0.1, 0.15) is 6.61 Å². The molecule has 2 amide bonds. The van der Waals surface area contributed by atoms with Gasteiger partial charge in [-0.25, -0.2) is 4.79 Å². The van der Waals surface area contributed by atoms with E-state index in [0.717, 1.165) is 19.3 Å². The second-order valence-electron chi connectivity index (χ2n) is 9.11. The lowest BCUT2D eigenvalue weighted by atomic mass is 9.98. The highest BCUT2D eigenvalue weighted by molar-refractivity contribution is 5.79. The summed E-state index contributed by atoms with van der Waals surface area (Å²) in [4.78, 5) is 39.0. The third-order valence-corrected chi connectivity index (χ3v) is 6.76. The van der Waals surface area contributed by atoms with Gasteiger partial charge < -0.3 is 20.1 Å². The second-order valence-corrected chi connectivity index (χ2v) is 9.11. The third-order valence-electron chi connectivity index (χ3n) is 6.76. The summed E-state index contributed by atoms with van der Waals surface area (Å²) in [5.41, 5.74) is 4.78. The Balaban J connectivity index is 1.10. The van der Waals surface area contributed by atoms with Crippen LogP contribution in [0.5, 0.6) is 0 Å². The minimum atomic E-state index is -0.837. The van der Waals surface area contributed by atoms with Crippen LogP contribution in [0.2, 0.25) is 0 Å². The lowest BCUT2D eigenvalue weighted by Crippen LogP contribution is -2.49. The zero-order valence-electron chi connectivity index (χ0n) is 19.9. The average Bonchev–Trinajstić information content (AvgIpc) is 3.18. The molecule has 0 saturated carbocycles. The van der Waals surface area contributed by atoms with E-state index in [1.165, 1.54) is 22.3 Å². The number of fused-ring (bicyclic) bond motifs is 3. The number of nitrogens with one attached hydrogen (secondary N) is 1.